The number of thiophene rings is 1. The third-order valence-corrected chi connectivity index (χ3v) is 5.01. The lowest BCUT2D eigenvalue weighted by molar-refractivity contribution is -0.110. The van der Waals surface area contributed by atoms with Crippen LogP contribution in [-0.4, -0.2) is 15.9 Å². The Hall–Kier alpha value is -2.79. The molecule has 0 saturated heterocycles. The maximum Gasteiger partial charge on any atom is 0.257 e. The zero-order valence-electron chi connectivity index (χ0n) is 13.3. The second-order valence-electron chi connectivity index (χ2n) is 5.79. The van der Waals surface area contributed by atoms with Crippen LogP contribution < -0.4 is 5.32 Å². The molecule has 0 atom stereocenters. The van der Waals surface area contributed by atoms with E-state index in [9.17, 15) is 4.79 Å². The van der Waals surface area contributed by atoms with Crippen molar-refractivity contribution in [1.82, 2.24) is 9.97 Å². The summed E-state index contributed by atoms with van der Waals surface area (Å²) in [6, 6.07) is 8.02. The highest BCUT2D eigenvalue weighted by molar-refractivity contribution is 7.11. The monoisotopic (exact) mass is 333 g/mol. The molecule has 1 amide bonds. The van der Waals surface area contributed by atoms with E-state index in [1.165, 1.54) is 5.56 Å². The van der Waals surface area contributed by atoms with Crippen LogP contribution in [0.25, 0.3) is 22.8 Å². The fraction of sp³-hybridized carbons (Fsp3) is 0.105. The van der Waals surface area contributed by atoms with Crippen LogP contribution in [0.5, 0.6) is 0 Å². The van der Waals surface area contributed by atoms with Crippen molar-refractivity contribution in [3.05, 3.63) is 63.7 Å². The second kappa shape index (κ2) is 5.69. The summed E-state index contributed by atoms with van der Waals surface area (Å²) >= 11 is 1.63. The number of carbonyl (C=O) groups excluding carboxylic acids is 1. The van der Waals surface area contributed by atoms with Crippen LogP contribution in [0, 0.1) is 13.8 Å². The lowest BCUT2D eigenvalue weighted by Crippen LogP contribution is -2.04. The van der Waals surface area contributed by atoms with E-state index in [1.54, 1.807) is 23.7 Å². The summed E-state index contributed by atoms with van der Waals surface area (Å²) in [6.45, 7) is 4.00. The molecule has 1 N–H and O–H groups in total. The van der Waals surface area contributed by atoms with Gasteiger partial charge in [-0.3, -0.25) is 9.78 Å². The molecule has 0 saturated carbocycles. The van der Waals surface area contributed by atoms with Gasteiger partial charge in [-0.1, -0.05) is 0 Å². The molecule has 5 heteroatoms. The number of hydrogen-bond acceptors (Lipinski definition) is 4. The number of fused-ring (bicyclic) bond motifs is 1. The number of pyridine rings is 2. The van der Waals surface area contributed by atoms with Crippen molar-refractivity contribution in [2.24, 2.45) is 0 Å². The summed E-state index contributed by atoms with van der Waals surface area (Å²) in [5, 5.41) is 4.95. The molecule has 0 fully saturated rings. The van der Waals surface area contributed by atoms with Gasteiger partial charge in [-0.05, 0) is 60.7 Å². The number of amides is 1. The van der Waals surface area contributed by atoms with E-state index in [0.717, 1.165) is 27.3 Å². The van der Waals surface area contributed by atoms with Crippen molar-refractivity contribution >= 4 is 34.7 Å². The number of aromatic nitrogens is 2. The molecule has 0 unspecified atom stereocenters. The Bertz CT molecular complexity index is 974. The minimum absolute atomic E-state index is 0.102. The maximum absolute atomic E-state index is 12.4. The van der Waals surface area contributed by atoms with Crippen LogP contribution in [0.15, 0.2) is 42.0 Å². The average Bonchev–Trinajstić information content (AvgIpc) is 3.11. The van der Waals surface area contributed by atoms with Gasteiger partial charge in [-0.15, -0.1) is 11.3 Å². The van der Waals surface area contributed by atoms with Gasteiger partial charge < -0.3 is 5.32 Å². The van der Waals surface area contributed by atoms with Crippen LogP contribution in [0.2, 0.25) is 0 Å². The van der Waals surface area contributed by atoms with Crippen LogP contribution >= 0.6 is 11.3 Å². The highest BCUT2D eigenvalue weighted by atomic mass is 32.1. The molecular formula is C19H15N3OS. The van der Waals surface area contributed by atoms with Gasteiger partial charge in [0.2, 0.25) is 0 Å². The maximum atomic E-state index is 12.4. The molecule has 3 aromatic rings. The lowest BCUT2D eigenvalue weighted by atomic mass is 10.0. The SMILES string of the molecule is Cc1csc(C=C2C(=O)Nc3nc(C)c(-c4ccncc4)cc32)c1. The average molecular weight is 333 g/mol. The first-order valence-corrected chi connectivity index (χ1v) is 8.50. The Kier molecular flexibility index (Phi) is 3.50. The first kappa shape index (κ1) is 14.8. The standard InChI is InChI=1S/C19H15N3OS/c1-11-7-14(24-10-11)8-17-16-9-15(13-3-5-20-6-4-13)12(2)21-18(16)22-19(17)23/h3-10H,1-2H3,(H,21,22,23). The number of rotatable bonds is 2. The molecule has 0 aliphatic carbocycles. The van der Waals surface area contributed by atoms with E-state index in [1.807, 2.05) is 38.1 Å². The first-order chi connectivity index (χ1) is 11.6. The largest absolute Gasteiger partial charge is 0.306 e. The highest BCUT2D eigenvalue weighted by Gasteiger charge is 2.27. The number of nitrogens with zero attached hydrogens (tertiary/aromatic N) is 2. The van der Waals surface area contributed by atoms with Crippen LogP contribution in [0.4, 0.5) is 5.82 Å². The normalized spacial score (nSPS) is 14.8. The van der Waals surface area contributed by atoms with Gasteiger partial charge in [0.05, 0.1) is 5.57 Å². The minimum atomic E-state index is -0.102. The molecule has 0 spiro atoms. The lowest BCUT2D eigenvalue weighted by Gasteiger charge is -2.08. The summed E-state index contributed by atoms with van der Waals surface area (Å²) in [4.78, 5) is 22.1. The molecule has 4 heterocycles. The summed E-state index contributed by atoms with van der Waals surface area (Å²) < 4.78 is 0. The van der Waals surface area contributed by atoms with E-state index in [4.69, 9.17) is 0 Å². The van der Waals surface area contributed by atoms with E-state index >= 15 is 0 Å². The van der Waals surface area contributed by atoms with Crippen LogP contribution in [0.3, 0.4) is 0 Å². The zero-order chi connectivity index (χ0) is 16.7. The molecule has 0 radical (unpaired) electrons. The summed E-state index contributed by atoms with van der Waals surface area (Å²) in [5.41, 5.74) is 5.65. The molecule has 24 heavy (non-hydrogen) atoms. The Morgan fingerprint density at radius 3 is 2.62 bits per heavy atom. The first-order valence-electron chi connectivity index (χ1n) is 7.62. The fourth-order valence-corrected chi connectivity index (χ4v) is 3.67. The number of hydrogen-bond donors (Lipinski definition) is 1. The summed E-state index contributed by atoms with van der Waals surface area (Å²) in [7, 11) is 0. The molecule has 4 rings (SSSR count). The van der Waals surface area contributed by atoms with E-state index in [2.05, 4.69) is 26.7 Å². The van der Waals surface area contributed by atoms with Crippen molar-refractivity contribution in [3.8, 4) is 11.1 Å². The van der Waals surface area contributed by atoms with Crippen molar-refractivity contribution < 1.29 is 4.79 Å². The molecule has 1 aliphatic heterocycles. The minimum Gasteiger partial charge on any atom is -0.306 e. The van der Waals surface area contributed by atoms with Gasteiger partial charge in [0.1, 0.15) is 5.82 Å². The van der Waals surface area contributed by atoms with Crippen molar-refractivity contribution in [1.29, 1.82) is 0 Å². The Morgan fingerprint density at radius 1 is 1.12 bits per heavy atom. The van der Waals surface area contributed by atoms with Gasteiger partial charge in [0, 0.05) is 34.1 Å². The summed E-state index contributed by atoms with van der Waals surface area (Å²) in [5.74, 6) is 0.532. The quantitative estimate of drug-likeness (QED) is 0.711. The molecule has 3 aromatic heterocycles. The predicted molar refractivity (Wildman–Crippen MR) is 97.8 cm³/mol. The number of carbonyl (C=O) groups is 1. The third kappa shape index (κ3) is 2.53. The predicted octanol–water partition coefficient (Wildman–Crippen LogP) is 4.31. The zero-order valence-corrected chi connectivity index (χ0v) is 14.1. The number of anilines is 1. The fourth-order valence-electron chi connectivity index (χ4n) is 2.84. The summed E-state index contributed by atoms with van der Waals surface area (Å²) in [6.07, 6.45) is 5.46. The second-order valence-corrected chi connectivity index (χ2v) is 6.73. The number of aryl methyl sites for hydroxylation is 2. The Labute approximate surface area is 143 Å². The van der Waals surface area contributed by atoms with Gasteiger partial charge >= 0.3 is 0 Å². The molecule has 4 nitrogen and oxygen atoms in total. The highest BCUT2D eigenvalue weighted by Crippen LogP contribution is 2.36. The molecular weight excluding hydrogens is 318 g/mol. The molecule has 0 bridgehead atoms. The topological polar surface area (TPSA) is 54.9 Å². The van der Waals surface area contributed by atoms with Gasteiger partial charge in [-0.2, -0.15) is 0 Å². The van der Waals surface area contributed by atoms with Crippen molar-refractivity contribution in [2.75, 3.05) is 5.32 Å². The van der Waals surface area contributed by atoms with Gasteiger partial charge in [-0.25, -0.2) is 4.98 Å². The van der Waals surface area contributed by atoms with Gasteiger partial charge in [0.15, 0.2) is 0 Å². The van der Waals surface area contributed by atoms with Gasteiger partial charge in [0.25, 0.3) is 5.91 Å². The molecule has 0 aromatic carbocycles. The number of nitrogens with one attached hydrogen (secondary N) is 1. The van der Waals surface area contributed by atoms with Crippen LogP contribution in [-0.2, 0) is 4.79 Å². The third-order valence-electron chi connectivity index (χ3n) is 4.01. The van der Waals surface area contributed by atoms with E-state index in [-0.39, 0.29) is 5.91 Å². The van der Waals surface area contributed by atoms with Crippen LogP contribution in [0.1, 0.15) is 21.7 Å². The Balaban J connectivity index is 1.86. The van der Waals surface area contributed by atoms with E-state index in [0.29, 0.717) is 11.4 Å². The Morgan fingerprint density at radius 2 is 1.92 bits per heavy atom. The smallest absolute Gasteiger partial charge is 0.257 e. The molecule has 118 valence electrons. The van der Waals surface area contributed by atoms with Crippen molar-refractivity contribution in [3.63, 3.8) is 0 Å². The van der Waals surface area contributed by atoms with E-state index < -0.39 is 0 Å². The van der Waals surface area contributed by atoms with Crippen molar-refractivity contribution in [2.45, 2.75) is 13.8 Å². The molecule has 1 aliphatic rings.